The fourth-order valence-corrected chi connectivity index (χ4v) is 6.44. The van der Waals surface area contributed by atoms with Crippen LogP contribution in [0.3, 0.4) is 0 Å². The number of unbranched alkanes of at least 4 members (excludes halogenated alkanes) is 18. The van der Waals surface area contributed by atoms with Crippen LogP contribution in [0, 0.1) is 0 Å². The van der Waals surface area contributed by atoms with E-state index in [2.05, 4.69) is 24.2 Å². The van der Waals surface area contributed by atoms with Crippen molar-refractivity contribution in [3.8, 4) is 0 Å². The van der Waals surface area contributed by atoms with Gasteiger partial charge in [0.25, 0.3) is 15.0 Å². The fraction of sp³-hybridized carbons (Fsp3) is 1.00. The van der Waals surface area contributed by atoms with Crippen LogP contribution in [-0.4, -0.2) is 26.5 Å². The molecule has 8 heteroatoms. The van der Waals surface area contributed by atoms with E-state index in [4.69, 9.17) is 9.05 Å². The average Bonchev–Trinajstić information content (AvgIpc) is 2.80. The van der Waals surface area contributed by atoms with Crippen molar-refractivity contribution in [3.05, 3.63) is 0 Å². The summed E-state index contributed by atoms with van der Waals surface area (Å²) in [6.45, 7) is 8.42. The lowest BCUT2D eigenvalue weighted by atomic mass is 10.1. The number of hydrogen-bond donors (Lipinski definition) is 2. The minimum Gasteiger partial charge on any atom is -0.317 e. The molecule has 206 valence electrons. The van der Waals surface area contributed by atoms with Crippen LogP contribution in [0.5, 0.6) is 0 Å². The largest absolute Gasteiger partial charge is 0.317 e. The Hall–Kier alpha value is 0.300. The highest BCUT2D eigenvalue weighted by atomic mass is 31.2. The molecule has 2 atom stereocenters. The molecule has 0 aliphatic heterocycles. The molecule has 0 spiro atoms. The highest BCUT2D eigenvalue weighted by molar-refractivity contribution is 7.59. The second-order valence-electron chi connectivity index (χ2n) is 9.95. The van der Waals surface area contributed by atoms with Crippen LogP contribution >= 0.6 is 15.0 Å². The molecule has 34 heavy (non-hydrogen) atoms. The van der Waals surface area contributed by atoms with Crippen LogP contribution in [0.25, 0.3) is 0 Å². The van der Waals surface area contributed by atoms with E-state index in [1.807, 2.05) is 0 Å². The smallest absolute Gasteiger partial charge is 0.280 e. The summed E-state index contributed by atoms with van der Waals surface area (Å²) in [6.07, 6.45) is 25.0. The van der Waals surface area contributed by atoms with Gasteiger partial charge in [-0.15, -0.1) is 0 Å². The third-order valence-electron chi connectivity index (χ3n) is 6.13. The van der Waals surface area contributed by atoms with E-state index < -0.39 is 15.0 Å². The zero-order valence-corrected chi connectivity index (χ0v) is 24.9. The normalized spacial score (nSPS) is 15.3. The van der Waals surface area contributed by atoms with Crippen molar-refractivity contribution < 1.29 is 18.2 Å². The monoisotopic (exact) mass is 524 g/mol. The van der Waals surface area contributed by atoms with Gasteiger partial charge in [0.1, 0.15) is 0 Å². The Morgan fingerprint density at radius 2 is 0.676 bits per heavy atom. The van der Waals surface area contributed by atoms with Crippen LogP contribution in [0.2, 0.25) is 0 Å². The lowest BCUT2D eigenvalue weighted by molar-refractivity contribution is 0.284. The maximum Gasteiger partial charge on any atom is 0.280 e. The topological polar surface area (TPSA) is 76.7 Å². The molecule has 0 bridgehead atoms. The molecule has 2 unspecified atom stereocenters. The summed E-state index contributed by atoms with van der Waals surface area (Å²) in [5, 5.41) is 5.24. The van der Waals surface area contributed by atoms with Crippen molar-refractivity contribution in [1.29, 1.82) is 0 Å². The summed E-state index contributed by atoms with van der Waals surface area (Å²) in [4.78, 5) is 0. The minimum absolute atomic E-state index is 0.451. The van der Waals surface area contributed by atoms with Crippen molar-refractivity contribution in [2.24, 2.45) is 0 Å². The minimum atomic E-state index is -3.05. The molecule has 0 radical (unpaired) electrons. The van der Waals surface area contributed by atoms with Crippen LogP contribution < -0.4 is 10.4 Å². The molecule has 0 aliphatic carbocycles. The van der Waals surface area contributed by atoms with Crippen molar-refractivity contribution in [1.82, 2.24) is 10.4 Å². The molecule has 0 saturated heterocycles. The van der Waals surface area contributed by atoms with Gasteiger partial charge in [0, 0.05) is 13.3 Å². The molecule has 0 rings (SSSR count). The average molecular weight is 525 g/mol. The van der Waals surface area contributed by atoms with E-state index >= 15 is 0 Å². The maximum absolute atomic E-state index is 12.5. The van der Waals surface area contributed by atoms with Gasteiger partial charge in [-0.05, 0) is 12.8 Å². The van der Waals surface area contributed by atoms with Crippen molar-refractivity contribution >= 4 is 15.0 Å². The van der Waals surface area contributed by atoms with E-state index in [0.29, 0.717) is 13.2 Å². The van der Waals surface area contributed by atoms with Crippen molar-refractivity contribution in [2.75, 3.05) is 26.5 Å². The van der Waals surface area contributed by atoms with E-state index in [0.717, 1.165) is 25.7 Å². The van der Waals surface area contributed by atoms with E-state index in [1.54, 1.807) is 0 Å². The predicted octanol–water partition coefficient (Wildman–Crippen LogP) is 9.60. The summed E-state index contributed by atoms with van der Waals surface area (Å²) in [7, 11) is -6.09. The van der Waals surface area contributed by atoms with Crippen LogP contribution in [0.15, 0.2) is 0 Å². The molecular formula is C26H58N2O4P2. The third kappa shape index (κ3) is 25.4. The standard InChI is InChI=1S/C26H58N2O4P2/c1-5-7-9-11-13-15-17-19-21-23-25-31-33(3,29)27-28-34(4,30)32-26-24-22-20-18-16-14-12-10-8-6-2/h5-26H2,1-4H3,(H,27,29)(H,28,30). The van der Waals surface area contributed by atoms with E-state index in [-0.39, 0.29) is 0 Å². The van der Waals surface area contributed by atoms with Gasteiger partial charge in [0.15, 0.2) is 0 Å². The van der Waals surface area contributed by atoms with Gasteiger partial charge in [0.2, 0.25) is 0 Å². The molecule has 6 nitrogen and oxygen atoms in total. The molecule has 0 aliphatic rings. The zero-order valence-electron chi connectivity index (χ0n) is 23.1. The Balaban J connectivity index is 3.62. The first kappa shape index (κ1) is 34.3. The first-order valence-corrected chi connectivity index (χ1v) is 18.5. The Labute approximate surface area is 212 Å². The molecule has 0 fully saturated rings. The molecule has 0 aromatic heterocycles. The molecular weight excluding hydrogens is 466 g/mol. The van der Waals surface area contributed by atoms with Crippen molar-refractivity contribution in [3.63, 3.8) is 0 Å². The molecule has 0 saturated carbocycles. The summed E-state index contributed by atoms with van der Waals surface area (Å²) in [5.41, 5.74) is 0. The van der Waals surface area contributed by atoms with Crippen LogP contribution in [0.1, 0.15) is 142 Å². The Kier molecular flexibility index (Phi) is 23.9. The number of rotatable bonds is 27. The lowest BCUT2D eigenvalue weighted by Crippen LogP contribution is -2.27. The predicted molar refractivity (Wildman–Crippen MR) is 149 cm³/mol. The molecule has 0 heterocycles. The fourth-order valence-electron chi connectivity index (χ4n) is 3.90. The van der Waals surface area contributed by atoms with Crippen molar-refractivity contribution in [2.45, 2.75) is 142 Å². The zero-order chi connectivity index (χ0) is 25.4. The second kappa shape index (κ2) is 23.7. The second-order valence-corrected chi connectivity index (χ2v) is 14.3. The van der Waals surface area contributed by atoms with Gasteiger partial charge in [-0.1, -0.05) is 129 Å². The first-order valence-electron chi connectivity index (χ1n) is 14.3. The maximum atomic E-state index is 12.5. The first-order chi connectivity index (χ1) is 16.3. The van der Waals surface area contributed by atoms with Gasteiger partial charge < -0.3 is 9.05 Å². The van der Waals surface area contributed by atoms with Crippen LogP contribution in [-0.2, 0) is 18.2 Å². The van der Waals surface area contributed by atoms with E-state index in [1.165, 1.54) is 116 Å². The molecule has 0 amide bonds. The highest BCUT2D eigenvalue weighted by Crippen LogP contribution is 2.42. The lowest BCUT2D eigenvalue weighted by Gasteiger charge is -2.20. The molecule has 2 N–H and O–H groups in total. The Morgan fingerprint density at radius 1 is 0.441 bits per heavy atom. The molecule has 0 aromatic carbocycles. The van der Waals surface area contributed by atoms with Gasteiger partial charge in [-0.2, -0.15) is 10.4 Å². The van der Waals surface area contributed by atoms with Gasteiger partial charge in [-0.25, -0.2) is 0 Å². The van der Waals surface area contributed by atoms with Crippen LogP contribution in [0.4, 0.5) is 0 Å². The van der Waals surface area contributed by atoms with E-state index in [9.17, 15) is 9.13 Å². The van der Waals surface area contributed by atoms with Gasteiger partial charge >= 0.3 is 0 Å². The quantitative estimate of drug-likeness (QED) is 0.0633. The Morgan fingerprint density at radius 3 is 0.941 bits per heavy atom. The summed E-state index contributed by atoms with van der Waals surface area (Å²) in [6, 6.07) is 0. The summed E-state index contributed by atoms with van der Waals surface area (Å²) in [5.74, 6) is 0. The molecule has 0 aromatic rings. The highest BCUT2D eigenvalue weighted by Gasteiger charge is 2.21. The summed E-state index contributed by atoms with van der Waals surface area (Å²) < 4.78 is 36.0. The Bertz CT molecular complexity index is 489. The van der Waals surface area contributed by atoms with Gasteiger partial charge in [0.05, 0.1) is 13.2 Å². The number of nitrogens with one attached hydrogen (secondary N) is 2. The number of hydrogen-bond acceptors (Lipinski definition) is 4. The van der Waals surface area contributed by atoms with Gasteiger partial charge in [-0.3, -0.25) is 9.13 Å². The number of hydrazine groups is 1. The SMILES string of the molecule is CCCCCCCCCCCCOP(C)(=O)NNP(C)(=O)OCCCCCCCCCCCC. The third-order valence-corrected chi connectivity index (χ3v) is 8.69. The summed E-state index contributed by atoms with van der Waals surface area (Å²) >= 11 is 0.